The summed E-state index contributed by atoms with van der Waals surface area (Å²) in [4.78, 5) is 12.5. The van der Waals surface area contributed by atoms with Crippen LogP contribution in [-0.4, -0.2) is 9.91 Å². The average molecular weight is 206 g/mol. The Kier molecular flexibility index (Phi) is 2.68. The average Bonchev–Trinajstić information content (AvgIpc) is 2.01. The lowest BCUT2D eigenvalue weighted by Crippen LogP contribution is -2.13. The van der Waals surface area contributed by atoms with E-state index in [1.54, 1.807) is 0 Å². The van der Waals surface area contributed by atoms with Crippen LogP contribution < -0.4 is 0 Å². The van der Waals surface area contributed by atoms with Crippen LogP contribution >= 0.6 is 0 Å². The number of nitro groups is 1. The van der Waals surface area contributed by atoms with E-state index in [4.69, 9.17) is 0 Å². The summed E-state index contributed by atoms with van der Waals surface area (Å²) >= 11 is 0. The summed E-state index contributed by atoms with van der Waals surface area (Å²) in [6.45, 7) is -0.921. The van der Waals surface area contributed by atoms with E-state index in [0.717, 1.165) is 18.3 Å². The molecule has 0 saturated carbocycles. The standard InChI is InChI=1S/C7H5F3N2O2/c8-7(9,10)5-2-1-3-11-6(5)4-12(13)14/h1-3H,4H2. The van der Waals surface area contributed by atoms with Crippen LogP contribution in [-0.2, 0) is 12.7 Å². The summed E-state index contributed by atoms with van der Waals surface area (Å²) in [5.74, 6) is 0. The molecule has 1 aromatic heterocycles. The molecule has 1 heterocycles. The lowest BCUT2D eigenvalue weighted by molar-refractivity contribution is -0.497. The van der Waals surface area contributed by atoms with Crippen molar-refractivity contribution in [3.05, 3.63) is 39.7 Å². The minimum absolute atomic E-state index is 0.565. The summed E-state index contributed by atoms with van der Waals surface area (Å²) in [5.41, 5.74) is -1.62. The zero-order chi connectivity index (χ0) is 10.8. The van der Waals surface area contributed by atoms with Gasteiger partial charge >= 0.3 is 6.18 Å². The lowest BCUT2D eigenvalue weighted by atomic mass is 10.2. The van der Waals surface area contributed by atoms with Gasteiger partial charge in [-0.1, -0.05) is 0 Å². The van der Waals surface area contributed by atoms with E-state index in [-0.39, 0.29) is 0 Å². The normalized spacial score (nSPS) is 11.4. The summed E-state index contributed by atoms with van der Waals surface area (Å²) < 4.78 is 36.7. The molecule has 0 amide bonds. The first-order valence-corrected chi connectivity index (χ1v) is 3.54. The van der Waals surface area contributed by atoms with Crippen LogP contribution in [0.5, 0.6) is 0 Å². The van der Waals surface area contributed by atoms with Crippen LogP contribution in [0.3, 0.4) is 0 Å². The van der Waals surface area contributed by atoms with Crippen molar-refractivity contribution in [2.24, 2.45) is 0 Å². The van der Waals surface area contributed by atoms with Gasteiger partial charge in [-0.25, -0.2) is 0 Å². The maximum Gasteiger partial charge on any atom is 0.418 e. The molecule has 76 valence electrons. The number of pyridine rings is 1. The van der Waals surface area contributed by atoms with Gasteiger partial charge in [-0.3, -0.25) is 15.1 Å². The predicted molar refractivity (Wildman–Crippen MR) is 39.9 cm³/mol. The molecule has 4 nitrogen and oxygen atoms in total. The highest BCUT2D eigenvalue weighted by Crippen LogP contribution is 2.30. The molecule has 0 N–H and O–H groups in total. The van der Waals surface area contributed by atoms with Gasteiger partial charge in [0.1, 0.15) is 5.69 Å². The van der Waals surface area contributed by atoms with Gasteiger partial charge in [-0.05, 0) is 12.1 Å². The Labute approximate surface area is 76.5 Å². The Balaban J connectivity index is 3.10. The first-order chi connectivity index (χ1) is 6.41. The maximum absolute atomic E-state index is 12.2. The van der Waals surface area contributed by atoms with Crippen LogP contribution in [0.15, 0.2) is 18.3 Å². The highest BCUT2D eigenvalue weighted by Gasteiger charge is 2.34. The van der Waals surface area contributed by atoms with Gasteiger partial charge in [0, 0.05) is 11.1 Å². The van der Waals surface area contributed by atoms with E-state index in [1.807, 2.05) is 0 Å². The van der Waals surface area contributed by atoms with E-state index < -0.39 is 28.9 Å². The number of aromatic nitrogens is 1. The summed E-state index contributed by atoms with van der Waals surface area (Å²) in [6, 6.07) is 1.86. The van der Waals surface area contributed by atoms with Crippen molar-refractivity contribution < 1.29 is 18.1 Å². The molecule has 0 spiro atoms. The van der Waals surface area contributed by atoms with Crippen LogP contribution in [0.4, 0.5) is 13.2 Å². The maximum atomic E-state index is 12.2. The lowest BCUT2D eigenvalue weighted by Gasteiger charge is -2.08. The highest BCUT2D eigenvalue weighted by molar-refractivity contribution is 5.22. The van der Waals surface area contributed by atoms with Crippen LogP contribution in [0, 0.1) is 10.1 Å². The Hall–Kier alpha value is -1.66. The number of alkyl halides is 3. The second-order valence-corrected chi connectivity index (χ2v) is 2.49. The van der Waals surface area contributed by atoms with E-state index in [1.165, 1.54) is 0 Å². The Bertz CT molecular complexity index is 351. The van der Waals surface area contributed by atoms with Crippen LogP contribution in [0.2, 0.25) is 0 Å². The third-order valence-corrected chi connectivity index (χ3v) is 1.47. The number of rotatable bonds is 2. The topological polar surface area (TPSA) is 56.0 Å². The minimum atomic E-state index is -4.60. The Morgan fingerprint density at radius 3 is 2.64 bits per heavy atom. The summed E-state index contributed by atoms with van der Waals surface area (Å²) in [6.07, 6.45) is -3.51. The molecule has 0 aliphatic heterocycles. The monoisotopic (exact) mass is 206 g/mol. The van der Waals surface area contributed by atoms with Crippen molar-refractivity contribution in [1.29, 1.82) is 0 Å². The molecular formula is C7H5F3N2O2. The van der Waals surface area contributed by atoms with Gasteiger partial charge in [0.2, 0.25) is 6.54 Å². The largest absolute Gasteiger partial charge is 0.418 e. The van der Waals surface area contributed by atoms with Gasteiger partial charge < -0.3 is 0 Å². The molecule has 0 radical (unpaired) electrons. The number of hydrogen-bond acceptors (Lipinski definition) is 3. The van der Waals surface area contributed by atoms with Crippen molar-refractivity contribution in [2.45, 2.75) is 12.7 Å². The third-order valence-electron chi connectivity index (χ3n) is 1.47. The molecule has 0 aromatic carbocycles. The second-order valence-electron chi connectivity index (χ2n) is 2.49. The zero-order valence-electron chi connectivity index (χ0n) is 6.78. The van der Waals surface area contributed by atoms with Crippen molar-refractivity contribution in [3.63, 3.8) is 0 Å². The molecule has 0 saturated heterocycles. The van der Waals surface area contributed by atoms with Gasteiger partial charge in [-0.15, -0.1) is 0 Å². The van der Waals surface area contributed by atoms with Gasteiger partial charge in [0.25, 0.3) is 0 Å². The molecule has 0 aliphatic carbocycles. The molecule has 0 fully saturated rings. The molecule has 0 unspecified atom stereocenters. The van der Waals surface area contributed by atoms with Gasteiger partial charge in [-0.2, -0.15) is 13.2 Å². The van der Waals surface area contributed by atoms with E-state index in [0.29, 0.717) is 0 Å². The van der Waals surface area contributed by atoms with Crippen molar-refractivity contribution in [1.82, 2.24) is 4.98 Å². The first kappa shape index (κ1) is 10.4. The van der Waals surface area contributed by atoms with E-state index >= 15 is 0 Å². The molecular weight excluding hydrogens is 201 g/mol. The van der Waals surface area contributed by atoms with Crippen molar-refractivity contribution in [2.75, 3.05) is 0 Å². The smallest absolute Gasteiger partial charge is 0.264 e. The Morgan fingerprint density at radius 1 is 1.50 bits per heavy atom. The Morgan fingerprint density at radius 2 is 2.14 bits per heavy atom. The van der Waals surface area contributed by atoms with Crippen LogP contribution in [0.1, 0.15) is 11.3 Å². The molecule has 0 aliphatic rings. The fourth-order valence-electron chi connectivity index (χ4n) is 0.944. The predicted octanol–water partition coefficient (Wildman–Crippen LogP) is 1.88. The molecule has 14 heavy (non-hydrogen) atoms. The summed E-state index contributed by atoms with van der Waals surface area (Å²) in [7, 11) is 0. The minimum Gasteiger partial charge on any atom is -0.264 e. The molecule has 0 atom stereocenters. The summed E-state index contributed by atoms with van der Waals surface area (Å²) in [5, 5.41) is 10.0. The number of nitrogens with zero attached hydrogens (tertiary/aromatic N) is 2. The van der Waals surface area contributed by atoms with Crippen molar-refractivity contribution in [3.8, 4) is 0 Å². The fraction of sp³-hybridized carbons (Fsp3) is 0.286. The zero-order valence-corrected chi connectivity index (χ0v) is 6.78. The molecule has 0 bridgehead atoms. The van der Waals surface area contributed by atoms with Crippen LogP contribution in [0.25, 0.3) is 0 Å². The quantitative estimate of drug-likeness (QED) is 0.548. The molecule has 1 aromatic rings. The fourth-order valence-corrected chi connectivity index (χ4v) is 0.944. The first-order valence-electron chi connectivity index (χ1n) is 3.54. The van der Waals surface area contributed by atoms with Gasteiger partial charge in [0.15, 0.2) is 0 Å². The van der Waals surface area contributed by atoms with E-state index in [2.05, 4.69) is 4.98 Å². The van der Waals surface area contributed by atoms with Crippen molar-refractivity contribution >= 4 is 0 Å². The number of hydrogen-bond donors (Lipinski definition) is 0. The van der Waals surface area contributed by atoms with E-state index in [9.17, 15) is 23.3 Å². The number of halogens is 3. The van der Waals surface area contributed by atoms with Gasteiger partial charge in [0.05, 0.1) is 5.56 Å². The molecule has 1 rings (SSSR count). The third kappa shape index (κ3) is 2.41. The molecule has 7 heteroatoms. The second kappa shape index (κ2) is 3.60. The highest BCUT2D eigenvalue weighted by atomic mass is 19.4. The SMILES string of the molecule is O=[N+]([O-])Cc1ncccc1C(F)(F)F.